The third kappa shape index (κ3) is 3.82. The molecule has 1 aromatic rings. The van der Waals surface area contributed by atoms with Crippen LogP contribution in [0.2, 0.25) is 0 Å². The molecule has 1 atom stereocenters. The largest absolute Gasteiger partial charge is 0.322 e. The molecule has 0 fully saturated rings. The zero-order valence-electron chi connectivity index (χ0n) is 10.3. The molecule has 0 spiro atoms. The van der Waals surface area contributed by atoms with Crippen molar-refractivity contribution >= 4 is 11.6 Å². The van der Waals surface area contributed by atoms with Gasteiger partial charge in [0.05, 0.1) is 11.7 Å². The molecule has 0 aromatic heterocycles. The number of benzene rings is 1. The first-order valence-corrected chi connectivity index (χ1v) is 5.87. The highest BCUT2D eigenvalue weighted by Gasteiger charge is 2.15. The lowest BCUT2D eigenvalue weighted by molar-refractivity contribution is -0.117. The molecule has 4 heteroatoms. The van der Waals surface area contributed by atoms with Crippen LogP contribution in [-0.2, 0) is 4.79 Å². The molecule has 0 radical (unpaired) electrons. The van der Waals surface area contributed by atoms with Crippen molar-refractivity contribution in [2.24, 2.45) is 5.73 Å². The maximum absolute atomic E-state index is 13.6. The molecule has 3 nitrogen and oxygen atoms in total. The molecule has 1 amide bonds. The number of halogens is 1. The van der Waals surface area contributed by atoms with E-state index in [2.05, 4.69) is 5.32 Å². The summed E-state index contributed by atoms with van der Waals surface area (Å²) in [5.41, 5.74) is 6.41. The number of rotatable bonds is 5. The van der Waals surface area contributed by atoms with Crippen LogP contribution < -0.4 is 11.1 Å². The minimum atomic E-state index is -0.574. The highest BCUT2D eigenvalue weighted by molar-refractivity contribution is 5.94. The maximum atomic E-state index is 13.6. The highest BCUT2D eigenvalue weighted by atomic mass is 19.1. The smallest absolute Gasteiger partial charge is 0.241 e. The lowest BCUT2D eigenvalue weighted by Gasteiger charge is -2.12. The monoisotopic (exact) mass is 238 g/mol. The van der Waals surface area contributed by atoms with Crippen LogP contribution in [0, 0.1) is 12.7 Å². The Labute approximate surface area is 101 Å². The number of carbonyl (C=O) groups excluding carboxylic acids is 1. The Kier molecular flexibility index (Phi) is 5.10. The molecular formula is C13H19FN2O. The zero-order chi connectivity index (χ0) is 12.8. The average Bonchev–Trinajstić information content (AvgIpc) is 2.31. The average molecular weight is 238 g/mol. The summed E-state index contributed by atoms with van der Waals surface area (Å²) >= 11 is 0. The van der Waals surface area contributed by atoms with Gasteiger partial charge in [0.2, 0.25) is 5.91 Å². The summed E-state index contributed by atoms with van der Waals surface area (Å²) in [5, 5.41) is 2.52. The Hall–Kier alpha value is -1.42. The fourth-order valence-electron chi connectivity index (χ4n) is 1.52. The molecule has 0 heterocycles. The van der Waals surface area contributed by atoms with Gasteiger partial charge in [-0.25, -0.2) is 4.39 Å². The van der Waals surface area contributed by atoms with Crippen molar-refractivity contribution < 1.29 is 9.18 Å². The number of anilines is 1. The van der Waals surface area contributed by atoms with Gasteiger partial charge in [-0.3, -0.25) is 4.79 Å². The molecular weight excluding hydrogens is 219 g/mol. The summed E-state index contributed by atoms with van der Waals surface area (Å²) < 4.78 is 13.6. The first kappa shape index (κ1) is 13.6. The fourth-order valence-corrected chi connectivity index (χ4v) is 1.52. The lowest BCUT2D eigenvalue weighted by atomic mass is 10.1. The Morgan fingerprint density at radius 1 is 1.53 bits per heavy atom. The van der Waals surface area contributed by atoms with Gasteiger partial charge in [0.1, 0.15) is 5.82 Å². The predicted molar refractivity (Wildman–Crippen MR) is 67.3 cm³/mol. The van der Waals surface area contributed by atoms with E-state index in [9.17, 15) is 9.18 Å². The van der Waals surface area contributed by atoms with Gasteiger partial charge >= 0.3 is 0 Å². The van der Waals surface area contributed by atoms with Crippen molar-refractivity contribution in [3.8, 4) is 0 Å². The molecule has 0 aliphatic carbocycles. The van der Waals surface area contributed by atoms with Gasteiger partial charge in [-0.15, -0.1) is 0 Å². The molecule has 3 N–H and O–H groups in total. The quantitative estimate of drug-likeness (QED) is 0.828. The zero-order valence-corrected chi connectivity index (χ0v) is 10.3. The van der Waals surface area contributed by atoms with E-state index in [1.54, 1.807) is 19.1 Å². The van der Waals surface area contributed by atoms with Gasteiger partial charge in [-0.05, 0) is 25.0 Å². The van der Waals surface area contributed by atoms with Crippen molar-refractivity contribution in [3.63, 3.8) is 0 Å². The van der Waals surface area contributed by atoms with E-state index < -0.39 is 11.9 Å². The van der Waals surface area contributed by atoms with Gasteiger partial charge in [-0.2, -0.15) is 0 Å². The second-order valence-corrected chi connectivity index (χ2v) is 4.17. The minimum absolute atomic E-state index is 0.196. The fraction of sp³-hybridized carbons (Fsp3) is 0.462. The number of hydrogen-bond acceptors (Lipinski definition) is 2. The SMILES string of the molecule is CCCCC(N)C(=O)Nc1cccc(C)c1F. The summed E-state index contributed by atoms with van der Waals surface area (Å²) in [6, 6.07) is 4.32. The number of hydrogen-bond donors (Lipinski definition) is 2. The predicted octanol–water partition coefficient (Wildman–Crippen LogP) is 2.59. The number of nitrogens with two attached hydrogens (primary N) is 1. The number of amides is 1. The van der Waals surface area contributed by atoms with Crippen molar-refractivity contribution in [2.75, 3.05) is 5.32 Å². The molecule has 1 aromatic carbocycles. The molecule has 0 saturated carbocycles. The second kappa shape index (κ2) is 6.35. The molecule has 0 aliphatic heterocycles. The van der Waals surface area contributed by atoms with Gasteiger partial charge in [0.25, 0.3) is 0 Å². The highest BCUT2D eigenvalue weighted by Crippen LogP contribution is 2.17. The second-order valence-electron chi connectivity index (χ2n) is 4.17. The molecule has 1 rings (SSSR count). The normalized spacial score (nSPS) is 12.2. The van der Waals surface area contributed by atoms with E-state index >= 15 is 0 Å². The lowest BCUT2D eigenvalue weighted by Crippen LogP contribution is -2.35. The molecule has 1 unspecified atom stereocenters. The Morgan fingerprint density at radius 2 is 2.24 bits per heavy atom. The molecule has 17 heavy (non-hydrogen) atoms. The van der Waals surface area contributed by atoms with Crippen molar-refractivity contribution in [1.82, 2.24) is 0 Å². The van der Waals surface area contributed by atoms with Gasteiger partial charge in [-0.1, -0.05) is 31.9 Å². The van der Waals surface area contributed by atoms with Crippen LogP contribution in [0.3, 0.4) is 0 Å². The van der Waals surface area contributed by atoms with Crippen LogP contribution in [-0.4, -0.2) is 11.9 Å². The Balaban J connectivity index is 2.64. The maximum Gasteiger partial charge on any atom is 0.241 e. The van der Waals surface area contributed by atoms with E-state index in [0.717, 1.165) is 12.8 Å². The van der Waals surface area contributed by atoms with Crippen LogP contribution in [0.15, 0.2) is 18.2 Å². The third-order valence-electron chi connectivity index (χ3n) is 2.66. The first-order chi connectivity index (χ1) is 8.06. The summed E-state index contributed by atoms with van der Waals surface area (Å²) in [7, 11) is 0. The van der Waals surface area contributed by atoms with E-state index in [0.29, 0.717) is 12.0 Å². The van der Waals surface area contributed by atoms with Crippen LogP contribution in [0.25, 0.3) is 0 Å². The molecule has 0 saturated heterocycles. The van der Waals surface area contributed by atoms with Gasteiger partial charge in [0, 0.05) is 0 Å². The van der Waals surface area contributed by atoms with Crippen LogP contribution >= 0.6 is 0 Å². The van der Waals surface area contributed by atoms with Gasteiger partial charge < -0.3 is 11.1 Å². The number of unbranched alkanes of at least 4 members (excludes halogenated alkanes) is 1. The van der Waals surface area contributed by atoms with E-state index in [-0.39, 0.29) is 11.6 Å². The number of carbonyl (C=O) groups is 1. The van der Waals surface area contributed by atoms with Crippen molar-refractivity contribution in [2.45, 2.75) is 39.2 Å². The number of nitrogens with one attached hydrogen (secondary N) is 1. The van der Waals surface area contributed by atoms with Crippen LogP contribution in [0.5, 0.6) is 0 Å². The third-order valence-corrected chi connectivity index (χ3v) is 2.66. The number of aryl methyl sites for hydroxylation is 1. The summed E-state index contributed by atoms with van der Waals surface area (Å²) in [6.45, 7) is 3.69. The molecule has 0 bridgehead atoms. The Bertz CT molecular complexity index is 393. The summed E-state index contributed by atoms with van der Waals surface area (Å²) in [6.07, 6.45) is 2.50. The van der Waals surface area contributed by atoms with Crippen LogP contribution in [0.1, 0.15) is 31.7 Å². The van der Waals surface area contributed by atoms with E-state index in [1.165, 1.54) is 6.07 Å². The minimum Gasteiger partial charge on any atom is -0.322 e. The van der Waals surface area contributed by atoms with Gasteiger partial charge in [0.15, 0.2) is 0 Å². The molecule has 94 valence electrons. The first-order valence-electron chi connectivity index (χ1n) is 5.87. The van der Waals surface area contributed by atoms with Crippen LogP contribution in [0.4, 0.5) is 10.1 Å². The van der Waals surface area contributed by atoms with E-state index in [1.807, 2.05) is 6.92 Å². The van der Waals surface area contributed by atoms with Crippen molar-refractivity contribution in [3.05, 3.63) is 29.6 Å². The summed E-state index contributed by atoms with van der Waals surface area (Å²) in [4.78, 5) is 11.7. The Morgan fingerprint density at radius 3 is 2.88 bits per heavy atom. The standard InChI is InChI=1S/C13H19FN2O/c1-3-4-7-10(15)13(17)16-11-8-5-6-9(2)12(11)14/h5-6,8,10H,3-4,7,15H2,1-2H3,(H,16,17). The topological polar surface area (TPSA) is 55.1 Å². The van der Waals surface area contributed by atoms with Crippen molar-refractivity contribution in [1.29, 1.82) is 0 Å². The summed E-state index contributed by atoms with van der Waals surface area (Å²) in [5.74, 6) is -0.730. The van der Waals surface area contributed by atoms with E-state index in [4.69, 9.17) is 5.73 Å². The molecule has 0 aliphatic rings.